The molecule has 10 heteroatoms. The number of hydrogen-bond acceptors (Lipinski definition) is 6. The van der Waals surface area contributed by atoms with E-state index < -0.39 is 49.8 Å². The number of carbonyl (C=O) groups excluding carboxylic acids is 5. The zero-order valence-electron chi connectivity index (χ0n) is 21.3. The Balaban J connectivity index is 1.50. The van der Waals surface area contributed by atoms with E-state index in [0.29, 0.717) is 5.56 Å². The second-order valence-electron chi connectivity index (χ2n) is 10.5. The molecule has 1 fully saturated rings. The Morgan fingerprint density at radius 1 is 0.868 bits per heavy atom. The molecule has 5 rings (SSSR count). The topological polar surface area (TPSA) is 104 Å². The Labute approximate surface area is 220 Å². The minimum Gasteiger partial charge on any atom is -0.463 e. The summed E-state index contributed by atoms with van der Waals surface area (Å²) in [6.07, 6.45) is 4.35. The van der Waals surface area contributed by atoms with E-state index in [9.17, 15) is 24.0 Å². The fraction of sp³-hybridized carbons (Fsp3) is 0.250. The lowest BCUT2D eigenvalue weighted by Gasteiger charge is -2.51. The number of rotatable bonds is 6. The lowest BCUT2D eigenvalue weighted by molar-refractivity contribution is -0.173. The predicted octanol–water partition coefficient (Wildman–Crippen LogP) is 3.25. The van der Waals surface area contributed by atoms with Crippen LogP contribution in [0.3, 0.4) is 0 Å². The first-order chi connectivity index (χ1) is 18.1. The maximum Gasteiger partial charge on any atom is 0.336 e. The molecule has 0 unspecified atom stereocenters. The van der Waals surface area contributed by atoms with Gasteiger partial charge in [0.1, 0.15) is 12.1 Å². The van der Waals surface area contributed by atoms with Crippen LogP contribution in [0.15, 0.2) is 78.5 Å². The van der Waals surface area contributed by atoms with Crippen molar-refractivity contribution in [3.05, 3.63) is 95.2 Å². The number of carbonyl (C=O) groups is 5. The summed E-state index contributed by atoms with van der Waals surface area (Å²) in [6, 6.07) is 13.1. The van der Waals surface area contributed by atoms with E-state index in [-0.39, 0.29) is 23.3 Å². The molecule has 3 heterocycles. The number of hydrogen-bond donors (Lipinski definition) is 0. The highest BCUT2D eigenvalue weighted by molar-refractivity contribution is 6.76. The number of fused-ring (bicyclic) bond motifs is 2. The quantitative estimate of drug-likeness (QED) is 0.246. The van der Waals surface area contributed by atoms with Crippen LogP contribution in [0.1, 0.15) is 31.1 Å². The van der Waals surface area contributed by atoms with Crippen molar-refractivity contribution in [3.8, 4) is 0 Å². The number of nitrogens with zero attached hydrogens (tertiary/aromatic N) is 3. The third-order valence-electron chi connectivity index (χ3n) is 6.75. The molecule has 2 aromatic carbocycles. The van der Waals surface area contributed by atoms with Gasteiger partial charge >= 0.3 is 5.97 Å². The van der Waals surface area contributed by atoms with Gasteiger partial charge in [-0.2, -0.15) is 0 Å². The summed E-state index contributed by atoms with van der Waals surface area (Å²) >= 11 is 0. The molecule has 1 saturated heterocycles. The van der Waals surface area contributed by atoms with Gasteiger partial charge in [0.2, 0.25) is 0 Å². The van der Waals surface area contributed by atoms with Gasteiger partial charge in [0.15, 0.2) is 0 Å². The molecular weight excluding hydrogens is 502 g/mol. The first-order valence-electron chi connectivity index (χ1n) is 12.3. The molecule has 9 nitrogen and oxygen atoms in total. The van der Waals surface area contributed by atoms with Crippen LogP contribution in [0.2, 0.25) is 25.7 Å². The minimum absolute atomic E-state index is 0.0846. The molecule has 0 bridgehead atoms. The standard InChI is InChI=1S/C28H27N3O6Si/c1-38(2,3)17-16-37-28(36)21-14-9-15-29(24(32)18-10-5-4-6-11-18)31-22(21)23(27(31)35)30-25(33)19-12-7-8-13-20(19)26(30)34/h4-15,22-23H,16-17H2,1-3H3/t22-,23-/m0/s1. The third kappa shape index (κ3) is 4.26. The molecule has 0 aliphatic carbocycles. The second kappa shape index (κ2) is 9.53. The molecular formula is C28H27N3O6Si. The first-order valence-corrected chi connectivity index (χ1v) is 16.0. The lowest BCUT2D eigenvalue weighted by Crippen LogP contribution is -2.76. The number of β-lactam (4-membered cyclic amide) rings is 1. The second-order valence-corrected chi connectivity index (χ2v) is 16.1. The third-order valence-corrected chi connectivity index (χ3v) is 8.45. The van der Waals surface area contributed by atoms with Crippen molar-refractivity contribution in [2.24, 2.45) is 0 Å². The SMILES string of the molecule is C[Si](C)(C)CCOC(=O)C1=CC=CN(C(=O)c2ccccc2)N2C(=O)[C@@H](N3C(=O)c4ccccc4C3=O)[C@H]12. The highest BCUT2D eigenvalue weighted by Crippen LogP contribution is 2.39. The number of amides is 4. The molecule has 0 spiro atoms. The van der Waals surface area contributed by atoms with E-state index in [1.165, 1.54) is 30.5 Å². The Morgan fingerprint density at radius 3 is 2.08 bits per heavy atom. The van der Waals surface area contributed by atoms with E-state index in [0.717, 1.165) is 21.0 Å². The summed E-state index contributed by atoms with van der Waals surface area (Å²) < 4.78 is 5.57. The molecule has 3 aliphatic rings. The highest BCUT2D eigenvalue weighted by atomic mass is 28.3. The largest absolute Gasteiger partial charge is 0.463 e. The van der Waals surface area contributed by atoms with Crippen LogP contribution in [0.4, 0.5) is 0 Å². The van der Waals surface area contributed by atoms with Crippen LogP contribution < -0.4 is 0 Å². The van der Waals surface area contributed by atoms with Gasteiger partial charge in [-0.15, -0.1) is 0 Å². The van der Waals surface area contributed by atoms with Gasteiger partial charge in [0.25, 0.3) is 23.6 Å². The van der Waals surface area contributed by atoms with E-state index >= 15 is 0 Å². The summed E-state index contributed by atoms with van der Waals surface area (Å²) in [5.74, 6) is -3.05. The zero-order chi connectivity index (χ0) is 27.2. The molecule has 0 aromatic heterocycles. The summed E-state index contributed by atoms with van der Waals surface area (Å²) in [6.45, 7) is 6.69. The van der Waals surface area contributed by atoms with Crippen molar-refractivity contribution in [2.75, 3.05) is 6.61 Å². The lowest BCUT2D eigenvalue weighted by atomic mass is 9.88. The molecule has 2 atom stereocenters. The van der Waals surface area contributed by atoms with Crippen molar-refractivity contribution in [2.45, 2.75) is 37.8 Å². The van der Waals surface area contributed by atoms with Crippen molar-refractivity contribution < 1.29 is 28.7 Å². The first kappa shape index (κ1) is 25.3. The highest BCUT2D eigenvalue weighted by Gasteiger charge is 2.61. The minimum atomic E-state index is -1.49. The Kier molecular flexibility index (Phi) is 6.35. The zero-order valence-corrected chi connectivity index (χ0v) is 22.3. The maximum atomic E-state index is 13.6. The smallest absolute Gasteiger partial charge is 0.336 e. The van der Waals surface area contributed by atoms with Crippen molar-refractivity contribution >= 4 is 37.7 Å². The summed E-state index contributed by atoms with van der Waals surface area (Å²) in [5, 5.41) is 2.24. The van der Waals surface area contributed by atoms with Gasteiger partial charge in [-0.25, -0.2) is 14.8 Å². The van der Waals surface area contributed by atoms with Crippen molar-refractivity contribution in [1.29, 1.82) is 0 Å². The summed E-state index contributed by atoms with van der Waals surface area (Å²) in [5.41, 5.74) is 0.794. The number of imide groups is 1. The number of allylic oxidation sites excluding steroid dienone is 2. The fourth-order valence-corrected chi connectivity index (χ4v) is 5.43. The van der Waals surface area contributed by atoms with Crippen LogP contribution in [-0.2, 0) is 14.3 Å². The van der Waals surface area contributed by atoms with E-state index in [1.54, 1.807) is 42.5 Å². The van der Waals surface area contributed by atoms with E-state index in [4.69, 9.17) is 4.74 Å². The molecule has 3 aliphatic heterocycles. The molecule has 38 heavy (non-hydrogen) atoms. The predicted molar refractivity (Wildman–Crippen MR) is 140 cm³/mol. The average molecular weight is 530 g/mol. The monoisotopic (exact) mass is 529 g/mol. The Morgan fingerprint density at radius 2 is 1.47 bits per heavy atom. The van der Waals surface area contributed by atoms with Gasteiger partial charge in [0.05, 0.1) is 23.3 Å². The maximum absolute atomic E-state index is 13.6. The number of esters is 1. The number of hydrazine groups is 1. The molecule has 0 radical (unpaired) electrons. The van der Waals surface area contributed by atoms with Crippen molar-refractivity contribution in [3.63, 3.8) is 0 Å². The van der Waals surface area contributed by atoms with Crippen LogP contribution in [-0.4, -0.2) is 71.3 Å². The van der Waals surface area contributed by atoms with Crippen molar-refractivity contribution in [1.82, 2.24) is 14.9 Å². The van der Waals surface area contributed by atoms with Crippen LogP contribution >= 0.6 is 0 Å². The fourth-order valence-electron chi connectivity index (χ4n) is 4.71. The van der Waals surface area contributed by atoms with Gasteiger partial charge in [-0.05, 0) is 42.5 Å². The van der Waals surface area contributed by atoms with Crippen LogP contribution in [0.25, 0.3) is 0 Å². The Bertz CT molecular complexity index is 1380. The van der Waals surface area contributed by atoms with Gasteiger partial charge in [-0.3, -0.25) is 24.1 Å². The van der Waals surface area contributed by atoms with Gasteiger partial charge < -0.3 is 4.74 Å². The van der Waals surface area contributed by atoms with E-state index in [2.05, 4.69) is 19.6 Å². The number of benzene rings is 2. The van der Waals surface area contributed by atoms with Gasteiger partial charge in [0, 0.05) is 19.8 Å². The van der Waals surface area contributed by atoms with Crippen LogP contribution in [0.5, 0.6) is 0 Å². The number of ether oxygens (including phenoxy) is 1. The van der Waals surface area contributed by atoms with Gasteiger partial charge in [-0.1, -0.05) is 50.0 Å². The van der Waals surface area contributed by atoms with E-state index in [1.807, 2.05) is 0 Å². The summed E-state index contributed by atoms with van der Waals surface area (Å²) in [4.78, 5) is 67.7. The average Bonchev–Trinajstić information content (AvgIpc) is 3.03. The summed E-state index contributed by atoms with van der Waals surface area (Å²) in [7, 11) is -1.49. The molecule has 0 N–H and O–H groups in total. The Hall–Kier alpha value is -4.31. The molecule has 2 aromatic rings. The molecule has 0 saturated carbocycles. The molecule has 4 amide bonds. The molecule has 194 valence electrons. The normalized spacial score (nSPS) is 20.4. The van der Waals surface area contributed by atoms with Crippen LogP contribution in [0, 0.1) is 0 Å².